The molecule has 1 atom stereocenters. The lowest BCUT2D eigenvalue weighted by Crippen LogP contribution is -2.34. The molecule has 0 aliphatic carbocycles. The minimum absolute atomic E-state index is 0.0611. The largest absolute Gasteiger partial charge is 0.391 e. The van der Waals surface area contributed by atoms with Gasteiger partial charge in [0.15, 0.2) is 0 Å². The molecule has 0 spiro atoms. The zero-order chi connectivity index (χ0) is 13.3. The van der Waals surface area contributed by atoms with Crippen molar-refractivity contribution < 1.29 is 14.6 Å². The average Bonchev–Trinajstić information content (AvgIpc) is 2.19. The Bertz CT molecular complexity index is 211. The van der Waals surface area contributed by atoms with E-state index < -0.39 is 6.10 Å². The van der Waals surface area contributed by atoms with E-state index in [1.807, 2.05) is 6.92 Å². The Kier molecular flexibility index (Phi) is 8.17. The molecule has 0 aliphatic heterocycles. The van der Waals surface area contributed by atoms with E-state index in [9.17, 15) is 9.90 Å². The van der Waals surface area contributed by atoms with Crippen LogP contribution in [0.5, 0.6) is 0 Å². The molecule has 0 aromatic heterocycles. The highest BCUT2D eigenvalue weighted by Crippen LogP contribution is 2.20. The van der Waals surface area contributed by atoms with Crippen molar-refractivity contribution in [2.45, 2.75) is 53.1 Å². The van der Waals surface area contributed by atoms with Gasteiger partial charge in [-0.25, -0.2) is 0 Å². The van der Waals surface area contributed by atoms with E-state index in [1.165, 1.54) is 0 Å². The fraction of sp³-hybridized carbons (Fsp3) is 0.923. The maximum Gasteiger partial charge on any atom is 0.222 e. The van der Waals surface area contributed by atoms with Crippen LogP contribution in [0.25, 0.3) is 0 Å². The number of ether oxygens (including phenoxy) is 1. The van der Waals surface area contributed by atoms with Crippen molar-refractivity contribution in [3.05, 3.63) is 0 Å². The van der Waals surface area contributed by atoms with Crippen LogP contribution in [0, 0.1) is 5.41 Å². The molecule has 0 aliphatic rings. The van der Waals surface area contributed by atoms with Gasteiger partial charge < -0.3 is 15.2 Å². The molecular weight excluding hydrogens is 218 g/mol. The first-order chi connectivity index (χ1) is 7.85. The van der Waals surface area contributed by atoms with Crippen LogP contribution in [0.15, 0.2) is 0 Å². The van der Waals surface area contributed by atoms with Crippen LogP contribution in [-0.4, -0.2) is 36.9 Å². The van der Waals surface area contributed by atoms with Crippen molar-refractivity contribution in [2.24, 2.45) is 5.41 Å². The van der Waals surface area contributed by atoms with Gasteiger partial charge in [-0.1, -0.05) is 27.7 Å². The summed E-state index contributed by atoms with van der Waals surface area (Å²) >= 11 is 0. The minimum Gasteiger partial charge on any atom is -0.391 e. The number of hydrogen-bond acceptors (Lipinski definition) is 3. The molecule has 1 unspecified atom stereocenters. The van der Waals surface area contributed by atoms with Gasteiger partial charge >= 0.3 is 0 Å². The summed E-state index contributed by atoms with van der Waals surface area (Å²) < 4.78 is 5.22. The van der Waals surface area contributed by atoms with Crippen LogP contribution in [0.1, 0.15) is 47.0 Å². The number of nitrogens with one attached hydrogen (secondary N) is 1. The van der Waals surface area contributed by atoms with E-state index in [0.717, 1.165) is 6.42 Å². The van der Waals surface area contributed by atoms with Crippen LogP contribution in [0.2, 0.25) is 0 Å². The molecule has 0 bridgehead atoms. The van der Waals surface area contributed by atoms with Gasteiger partial charge in [0.05, 0.1) is 12.7 Å². The number of carbonyl (C=O) groups is 1. The highest BCUT2D eigenvalue weighted by Gasteiger charge is 2.16. The monoisotopic (exact) mass is 245 g/mol. The minimum atomic E-state index is -0.476. The second-order valence-electron chi connectivity index (χ2n) is 5.59. The maximum absolute atomic E-state index is 11.4. The lowest BCUT2D eigenvalue weighted by atomic mass is 9.89. The Morgan fingerprint density at radius 2 is 2.00 bits per heavy atom. The van der Waals surface area contributed by atoms with Crippen LogP contribution in [0.4, 0.5) is 0 Å². The first-order valence-electron chi connectivity index (χ1n) is 6.37. The van der Waals surface area contributed by atoms with Crippen LogP contribution < -0.4 is 5.32 Å². The van der Waals surface area contributed by atoms with Gasteiger partial charge in [0.1, 0.15) is 0 Å². The summed E-state index contributed by atoms with van der Waals surface area (Å²) in [4.78, 5) is 11.4. The van der Waals surface area contributed by atoms with Crippen molar-refractivity contribution in [3.63, 3.8) is 0 Å². The SMILES string of the molecule is CCCOCCC(=O)NCC(O)CC(C)(C)C. The van der Waals surface area contributed by atoms with Gasteiger partial charge in [-0.05, 0) is 18.3 Å². The molecule has 0 aromatic carbocycles. The number of hydrogen-bond donors (Lipinski definition) is 2. The number of amides is 1. The lowest BCUT2D eigenvalue weighted by molar-refractivity contribution is -0.122. The van der Waals surface area contributed by atoms with Crippen molar-refractivity contribution in [1.29, 1.82) is 0 Å². The third-order valence-electron chi connectivity index (χ3n) is 2.20. The molecule has 0 heterocycles. The number of rotatable bonds is 8. The standard InChI is InChI=1S/C13H27NO3/c1-5-7-17-8-6-12(16)14-10-11(15)9-13(2,3)4/h11,15H,5-10H2,1-4H3,(H,14,16). The summed E-state index contributed by atoms with van der Waals surface area (Å²) in [6.07, 6.45) is 1.53. The maximum atomic E-state index is 11.4. The molecule has 4 heteroatoms. The second kappa shape index (κ2) is 8.48. The van der Waals surface area contributed by atoms with Crippen molar-refractivity contribution >= 4 is 5.91 Å². The fourth-order valence-corrected chi connectivity index (χ4v) is 1.51. The average molecular weight is 245 g/mol. The summed E-state index contributed by atoms with van der Waals surface area (Å²) in [5, 5.41) is 12.4. The predicted molar refractivity (Wildman–Crippen MR) is 68.8 cm³/mol. The highest BCUT2D eigenvalue weighted by molar-refractivity contribution is 5.75. The smallest absolute Gasteiger partial charge is 0.222 e. The van der Waals surface area contributed by atoms with Gasteiger partial charge in [0, 0.05) is 19.6 Å². The number of aliphatic hydroxyl groups is 1. The first-order valence-corrected chi connectivity index (χ1v) is 6.37. The van der Waals surface area contributed by atoms with Crippen molar-refractivity contribution in [1.82, 2.24) is 5.32 Å². The molecule has 4 nitrogen and oxygen atoms in total. The third kappa shape index (κ3) is 11.6. The summed E-state index contributed by atoms with van der Waals surface area (Å²) in [6.45, 7) is 9.70. The molecule has 0 rings (SSSR count). The molecule has 17 heavy (non-hydrogen) atoms. The molecule has 0 saturated carbocycles. The molecule has 102 valence electrons. The van der Waals surface area contributed by atoms with Gasteiger partial charge in [0.2, 0.25) is 5.91 Å². The first kappa shape index (κ1) is 16.4. The lowest BCUT2D eigenvalue weighted by Gasteiger charge is -2.22. The van der Waals surface area contributed by atoms with Crippen LogP contribution in [-0.2, 0) is 9.53 Å². The van der Waals surface area contributed by atoms with Crippen molar-refractivity contribution in [2.75, 3.05) is 19.8 Å². The quantitative estimate of drug-likeness (QED) is 0.640. The predicted octanol–water partition coefficient (Wildman–Crippen LogP) is 1.72. The van der Waals surface area contributed by atoms with Gasteiger partial charge in [-0.3, -0.25) is 4.79 Å². The van der Waals surface area contributed by atoms with Gasteiger partial charge in [-0.2, -0.15) is 0 Å². The Balaban J connectivity index is 3.56. The molecule has 0 radical (unpaired) electrons. The molecule has 0 fully saturated rings. The fourth-order valence-electron chi connectivity index (χ4n) is 1.51. The second-order valence-corrected chi connectivity index (χ2v) is 5.59. The van der Waals surface area contributed by atoms with Crippen molar-refractivity contribution in [3.8, 4) is 0 Å². The molecular formula is C13H27NO3. The number of aliphatic hydroxyl groups excluding tert-OH is 1. The van der Waals surface area contributed by atoms with E-state index in [-0.39, 0.29) is 11.3 Å². The topological polar surface area (TPSA) is 58.6 Å². The van der Waals surface area contributed by atoms with E-state index >= 15 is 0 Å². The summed E-state index contributed by atoms with van der Waals surface area (Å²) in [6, 6.07) is 0. The zero-order valence-electron chi connectivity index (χ0n) is 11.6. The normalized spacial score (nSPS) is 13.5. The Morgan fingerprint density at radius 3 is 2.53 bits per heavy atom. The van der Waals surface area contributed by atoms with Gasteiger partial charge in [-0.15, -0.1) is 0 Å². The zero-order valence-corrected chi connectivity index (χ0v) is 11.6. The molecule has 1 amide bonds. The number of carbonyl (C=O) groups excluding carboxylic acids is 1. The molecule has 2 N–H and O–H groups in total. The summed E-state index contributed by atoms with van der Waals surface area (Å²) in [7, 11) is 0. The summed E-state index contributed by atoms with van der Waals surface area (Å²) in [5.74, 6) is -0.0611. The van der Waals surface area contributed by atoms with Crippen LogP contribution in [0.3, 0.4) is 0 Å². The van der Waals surface area contributed by atoms with E-state index in [1.54, 1.807) is 0 Å². The van der Waals surface area contributed by atoms with Gasteiger partial charge in [0.25, 0.3) is 0 Å². The summed E-state index contributed by atoms with van der Waals surface area (Å²) in [5.41, 5.74) is 0.0778. The highest BCUT2D eigenvalue weighted by atomic mass is 16.5. The molecule has 0 saturated heterocycles. The van der Waals surface area contributed by atoms with E-state index in [0.29, 0.717) is 32.6 Å². The Morgan fingerprint density at radius 1 is 1.35 bits per heavy atom. The van der Waals surface area contributed by atoms with E-state index in [2.05, 4.69) is 26.1 Å². The third-order valence-corrected chi connectivity index (χ3v) is 2.20. The van der Waals surface area contributed by atoms with E-state index in [4.69, 9.17) is 4.74 Å². The Labute approximate surface area is 105 Å². The molecule has 0 aromatic rings. The van der Waals surface area contributed by atoms with Crippen LogP contribution >= 0.6 is 0 Å². The Hall–Kier alpha value is -0.610.